The van der Waals surface area contributed by atoms with Crippen molar-refractivity contribution in [3.8, 4) is 22.3 Å². The first-order valence-corrected chi connectivity index (χ1v) is 34.3. The first kappa shape index (κ1) is 64.6. The Balaban J connectivity index is 0.000000132. The second kappa shape index (κ2) is 28.8. The van der Waals surface area contributed by atoms with Crippen molar-refractivity contribution in [1.29, 1.82) is 0 Å². The fourth-order valence-electron chi connectivity index (χ4n) is 15.7. The Morgan fingerprint density at radius 3 is 1.57 bits per heavy atom. The molecule has 6 fully saturated rings. The van der Waals surface area contributed by atoms with E-state index in [1.54, 1.807) is 14.2 Å². The standard InChI is InChI=1S/C25H32N4O.C24H37N5O2.C23H31N5O2/c1-16(11-18-3-4-18)12-25-27-15-24-22(20-9-10-26-17(2)13-20)14-23(29(24)28-25)19-5-7-21(30)8-6-19;1-15(14-31-3)26-24-25-13-23-21(17-10-18-6-7-19(11-17)28(18)2)12-22(29(23)27-24)16-4-8-20(30)9-5-16;1-15-11-18(9-10-24-15)20-12-21(17-5-7-19(29)8-6-17)28-22(20)13-25-23(26-28)27(3)16(2)14-30-4/h9-10,13-16,18-19,21,30H,3-8,11-12H2,1-2H3;12-13,15-20,30H,4-11,14H2,1-3H3,(H,26,27);9-13,16-17,19,29H,5-8,14H2,1-4H3/t16-,19?,21?;15-,16?,17?,18-,19+,20?;16-,17?,19?/m000/s1. The molecular weight excluding hydrogens is 1140 g/mol. The summed E-state index contributed by atoms with van der Waals surface area (Å²) in [6.07, 6.45) is 30.6. The summed E-state index contributed by atoms with van der Waals surface area (Å²) >= 11 is 0. The Morgan fingerprint density at radius 1 is 0.560 bits per heavy atom. The molecule has 8 aromatic heterocycles. The Hall–Kier alpha value is -6.48. The average Bonchev–Trinajstić information content (AvgIpc) is 1.64. The fourth-order valence-corrected chi connectivity index (χ4v) is 15.7. The number of nitrogens with zero attached hydrogens (tertiary/aromatic N) is 13. The monoisotopic (exact) mass is 1240 g/mol. The van der Waals surface area contributed by atoms with Crippen molar-refractivity contribution in [2.45, 2.75) is 229 Å². The molecule has 4 N–H and O–H groups in total. The van der Waals surface area contributed by atoms with E-state index < -0.39 is 0 Å². The van der Waals surface area contributed by atoms with Gasteiger partial charge in [0, 0.05) is 116 Å². The molecule has 6 aliphatic rings. The summed E-state index contributed by atoms with van der Waals surface area (Å²) < 4.78 is 16.9. The van der Waals surface area contributed by atoms with Crippen LogP contribution in [0.5, 0.6) is 0 Å². The molecule has 4 saturated carbocycles. The van der Waals surface area contributed by atoms with Crippen molar-refractivity contribution in [1.82, 2.24) is 58.7 Å². The van der Waals surface area contributed by atoms with Gasteiger partial charge in [0.2, 0.25) is 11.9 Å². The van der Waals surface area contributed by atoms with Crippen molar-refractivity contribution in [3.05, 3.63) is 113 Å². The number of methoxy groups -OCH3 is 2. The number of aryl methyl sites for hydroxylation is 2. The van der Waals surface area contributed by atoms with Crippen LogP contribution in [0, 0.1) is 25.7 Å². The number of nitrogens with one attached hydrogen (secondary N) is 1. The largest absolute Gasteiger partial charge is 0.393 e. The average molecular weight is 1240 g/mol. The number of likely N-dealkylation sites (N-methyl/N-ethyl adjacent to an activating group) is 1. The highest BCUT2D eigenvalue weighted by Gasteiger charge is 2.41. The first-order valence-electron chi connectivity index (χ1n) is 34.3. The minimum atomic E-state index is -0.180. The summed E-state index contributed by atoms with van der Waals surface area (Å²) in [5.41, 5.74) is 15.0. The highest BCUT2D eigenvalue weighted by Crippen LogP contribution is 2.46. The van der Waals surface area contributed by atoms with Crippen molar-refractivity contribution >= 4 is 28.4 Å². The van der Waals surface area contributed by atoms with Crippen LogP contribution >= 0.6 is 0 Å². The molecule has 19 heteroatoms. The molecule has 19 nitrogen and oxygen atoms in total. The number of pyridine rings is 2. The quantitative estimate of drug-likeness (QED) is 0.0629. The van der Waals surface area contributed by atoms with Gasteiger partial charge >= 0.3 is 0 Å². The highest BCUT2D eigenvalue weighted by molar-refractivity contribution is 5.82. The van der Waals surface area contributed by atoms with Gasteiger partial charge in [-0.05, 0) is 221 Å². The van der Waals surface area contributed by atoms with E-state index in [0.717, 1.165) is 129 Å². The van der Waals surface area contributed by atoms with Gasteiger partial charge in [-0.3, -0.25) is 9.97 Å². The lowest BCUT2D eigenvalue weighted by Gasteiger charge is -2.36. The Labute approximate surface area is 537 Å². The minimum absolute atomic E-state index is 0.145. The lowest BCUT2D eigenvalue weighted by Crippen LogP contribution is -2.39. The number of rotatable bonds is 18. The molecule has 4 aliphatic carbocycles. The van der Waals surface area contributed by atoms with Crippen LogP contribution in [-0.4, -0.2) is 158 Å². The highest BCUT2D eigenvalue weighted by atomic mass is 16.5. The zero-order chi connectivity index (χ0) is 63.4. The van der Waals surface area contributed by atoms with Crippen molar-refractivity contribution < 1.29 is 24.8 Å². The number of aromatic nitrogens is 11. The van der Waals surface area contributed by atoms with Crippen LogP contribution in [0.15, 0.2) is 73.4 Å². The molecule has 0 radical (unpaired) electrons. The number of aliphatic hydroxyl groups is 3. The van der Waals surface area contributed by atoms with Crippen LogP contribution in [0.3, 0.4) is 0 Å². The van der Waals surface area contributed by atoms with E-state index in [4.69, 9.17) is 29.8 Å². The normalized spacial score (nSPS) is 25.4. The molecule has 6 atom stereocenters. The minimum Gasteiger partial charge on any atom is -0.393 e. The molecule has 0 aromatic carbocycles. The van der Waals surface area contributed by atoms with E-state index in [9.17, 15) is 15.3 Å². The SMILES string of the molecule is COC[C@H](C)N(C)c1ncc2c(-c3ccnc(C)c3)cc(C3CCC(O)CC3)n2n1.COC[C@H](C)Nc1ncc2c(C3C[C@H]4CC[C@@H](C3)N4C)cc(C3CCC(O)CC3)n2n1.Cc1cc(-c2cc(C3CCC(O)CC3)n3nc(C[C@@H](C)CC4CC4)ncc23)ccn1. The van der Waals surface area contributed by atoms with Gasteiger partial charge in [0.1, 0.15) is 5.82 Å². The summed E-state index contributed by atoms with van der Waals surface area (Å²) in [7, 11) is 7.72. The van der Waals surface area contributed by atoms with Crippen LogP contribution in [0.25, 0.3) is 38.8 Å². The van der Waals surface area contributed by atoms with E-state index >= 15 is 0 Å². The molecule has 0 spiro atoms. The van der Waals surface area contributed by atoms with Gasteiger partial charge in [-0.15, -0.1) is 10.2 Å². The fraction of sp³-hybridized carbons (Fsp3) is 0.611. The van der Waals surface area contributed by atoms with Gasteiger partial charge in [-0.25, -0.2) is 28.5 Å². The third-order valence-electron chi connectivity index (χ3n) is 21.1. The van der Waals surface area contributed by atoms with E-state index in [-0.39, 0.29) is 30.4 Å². The van der Waals surface area contributed by atoms with E-state index in [1.807, 2.05) is 62.8 Å². The number of hydrogen-bond donors (Lipinski definition) is 4. The predicted octanol–water partition coefficient (Wildman–Crippen LogP) is 12.2. The topological polar surface area (TPSA) is 214 Å². The summed E-state index contributed by atoms with van der Waals surface area (Å²) in [5, 5.41) is 48.3. The number of fused-ring (bicyclic) bond motifs is 5. The van der Waals surface area contributed by atoms with E-state index in [1.165, 1.54) is 84.2 Å². The van der Waals surface area contributed by atoms with Crippen molar-refractivity contribution in [2.75, 3.05) is 51.7 Å². The van der Waals surface area contributed by atoms with Crippen molar-refractivity contribution in [2.24, 2.45) is 11.8 Å². The maximum absolute atomic E-state index is 10.0. The molecule has 8 aromatic rings. The van der Waals surface area contributed by atoms with Gasteiger partial charge in [-0.2, -0.15) is 5.10 Å². The number of piperidine rings is 1. The number of hydrogen-bond acceptors (Lipinski definition) is 16. The number of aliphatic hydroxyl groups excluding tert-OH is 3. The van der Waals surface area contributed by atoms with Gasteiger partial charge in [0.05, 0.1) is 72.7 Å². The molecule has 14 rings (SSSR count). The molecule has 10 heterocycles. The van der Waals surface area contributed by atoms with Gasteiger partial charge in [0.15, 0.2) is 0 Å². The maximum atomic E-state index is 10.0. The molecular formula is C72H100N14O5. The Morgan fingerprint density at radius 2 is 1.05 bits per heavy atom. The molecule has 488 valence electrons. The maximum Gasteiger partial charge on any atom is 0.243 e. The molecule has 2 aliphatic heterocycles. The third-order valence-corrected chi connectivity index (χ3v) is 21.1. The zero-order valence-electron chi connectivity index (χ0n) is 55.5. The van der Waals surface area contributed by atoms with Crippen LogP contribution in [0.1, 0.15) is 206 Å². The molecule has 2 bridgehead atoms. The van der Waals surface area contributed by atoms with Crippen LogP contribution in [0.4, 0.5) is 11.9 Å². The van der Waals surface area contributed by atoms with Gasteiger partial charge in [-0.1, -0.05) is 19.8 Å². The van der Waals surface area contributed by atoms with E-state index in [0.29, 0.717) is 66.8 Å². The second-order valence-corrected chi connectivity index (χ2v) is 28.2. The van der Waals surface area contributed by atoms with E-state index in [2.05, 4.69) is 108 Å². The smallest absolute Gasteiger partial charge is 0.243 e. The van der Waals surface area contributed by atoms with Crippen LogP contribution < -0.4 is 10.2 Å². The van der Waals surface area contributed by atoms with Gasteiger partial charge < -0.3 is 39.9 Å². The summed E-state index contributed by atoms with van der Waals surface area (Å²) in [4.78, 5) is 27.5. The lowest BCUT2D eigenvalue weighted by atomic mass is 9.83. The zero-order valence-corrected chi connectivity index (χ0v) is 55.5. The summed E-state index contributed by atoms with van der Waals surface area (Å²) in [6.45, 7) is 11.8. The molecule has 2 saturated heterocycles. The first-order chi connectivity index (χ1) is 44.1. The summed E-state index contributed by atoms with van der Waals surface area (Å²) in [5.74, 6) is 5.68. The number of ether oxygens (including phenoxy) is 2. The van der Waals surface area contributed by atoms with Gasteiger partial charge in [0.25, 0.3) is 0 Å². The number of anilines is 2. The third kappa shape index (κ3) is 15.0. The summed E-state index contributed by atoms with van der Waals surface area (Å²) in [6, 6.07) is 17.1. The second-order valence-electron chi connectivity index (χ2n) is 28.2. The van der Waals surface area contributed by atoms with Crippen LogP contribution in [0.2, 0.25) is 0 Å². The lowest BCUT2D eigenvalue weighted by molar-refractivity contribution is 0.121. The Bertz CT molecular complexity index is 3690. The van der Waals surface area contributed by atoms with Crippen molar-refractivity contribution in [3.63, 3.8) is 0 Å². The molecule has 91 heavy (non-hydrogen) atoms. The predicted molar refractivity (Wildman–Crippen MR) is 358 cm³/mol. The van der Waals surface area contributed by atoms with Crippen LogP contribution in [-0.2, 0) is 15.9 Å². The molecule has 1 unspecified atom stereocenters. The Kier molecular flexibility index (Phi) is 20.5. The molecule has 0 amide bonds.